The molecular weight excluding hydrogens is 276 g/mol. The fourth-order valence-electron chi connectivity index (χ4n) is 2.19. The lowest BCUT2D eigenvalue weighted by Crippen LogP contribution is -2.13. The Bertz CT molecular complexity index is 762. The number of aromatic carboxylic acids is 1. The van der Waals surface area contributed by atoms with Crippen molar-refractivity contribution in [3.63, 3.8) is 0 Å². The van der Waals surface area contributed by atoms with Gasteiger partial charge in [0.05, 0.1) is 11.3 Å². The molecule has 5 nitrogen and oxygen atoms in total. The third-order valence-corrected chi connectivity index (χ3v) is 5.08. The number of carboxylic acids is 1. The van der Waals surface area contributed by atoms with Gasteiger partial charge in [-0.25, -0.2) is 4.79 Å². The lowest BCUT2D eigenvalue weighted by atomic mass is 10.2. The molecule has 2 heterocycles. The minimum atomic E-state index is -1.01. The molecule has 0 bridgehead atoms. The van der Waals surface area contributed by atoms with Gasteiger partial charge in [0.25, 0.3) is 5.91 Å². The van der Waals surface area contributed by atoms with Crippen molar-refractivity contribution in [3.8, 4) is 0 Å². The summed E-state index contributed by atoms with van der Waals surface area (Å²) in [6.45, 7) is 1.93. The first-order valence-electron chi connectivity index (χ1n) is 6.01. The van der Waals surface area contributed by atoms with Gasteiger partial charge in [0.1, 0.15) is 5.69 Å². The minimum absolute atomic E-state index is 0.162. The Balaban J connectivity index is 2.26. The molecule has 0 aliphatic carbocycles. The predicted octanol–water partition coefficient (Wildman–Crippen LogP) is 2.67. The number of hydrogen-bond acceptors (Lipinski definition) is 2. The number of carbonyl (C=O) groups excluding carboxylic acids is 1. The smallest absolute Gasteiger partial charge is 0.335 e. The SMILES string of the molecule is C/C=S1/c2ccc(C(=O)O)cc2NC(=O)c2cccn21. The van der Waals surface area contributed by atoms with Crippen molar-refractivity contribution in [2.75, 3.05) is 5.32 Å². The Morgan fingerprint density at radius 1 is 1.40 bits per heavy atom. The molecule has 0 spiro atoms. The zero-order chi connectivity index (χ0) is 14.3. The monoisotopic (exact) mass is 288 g/mol. The highest BCUT2D eigenvalue weighted by atomic mass is 32.2. The van der Waals surface area contributed by atoms with Gasteiger partial charge in [-0.15, -0.1) is 0 Å². The zero-order valence-corrected chi connectivity index (χ0v) is 11.5. The second-order valence-corrected chi connectivity index (χ2v) is 6.17. The van der Waals surface area contributed by atoms with E-state index >= 15 is 0 Å². The second-order valence-electron chi connectivity index (χ2n) is 4.24. The van der Waals surface area contributed by atoms with E-state index in [1.165, 1.54) is 6.07 Å². The van der Waals surface area contributed by atoms with Gasteiger partial charge in [0, 0.05) is 11.1 Å². The predicted molar refractivity (Wildman–Crippen MR) is 78.8 cm³/mol. The van der Waals surface area contributed by atoms with Crippen molar-refractivity contribution in [2.45, 2.75) is 11.8 Å². The van der Waals surface area contributed by atoms with Crippen molar-refractivity contribution >= 4 is 33.6 Å². The Kier molecular flexibility index (Phi) is 2.94. The van der Waals surface area contributed by atoms with E-state index in [4.69, 9.17) is 5.11 Å². The molecule has 6 heteroatoms. The quantitative estimate of drug-likeness (QED) is 0.792. The van der Waals surface area contributed by atoms with Gasteiger partial charge in [0.2, 0.25) is 0 Å². The number of carboxylic acid groups (broad SMARTS) is 1. The van der Waals surface area contributed by atoms with Gasteiger partial charge in [0.15, 0.2) is 0 Å². The number of anilines is 1. The summed E-state index contributed by atoms with van der Waals surface area (Å²) in [4.78, 5) is 24.1. The molecule has 0 saturated carbocycles. The fraction of sp³-hybridized carbons (Fsp3) is 0.0714. The van der Waals surface area contributed by atoms with Crippen molar-refractivity contribution in [3.05, 3.63) is 47.8 Å². The number of nitrogens with zero attached hydrogens (tertiary/aromatic N) is 1. The van der Waals surface area contributed by atoms with Crippen molar-refractivity contribution in [1.29, 1.82) is 0 Å². The van der Waals surface area contributed by atoms with Crippen LogP contribution in [0.25, 0.3) is 0 Å². The van der Waals surface area contributed by atoms with Gasteiger partial charge in [-0.2, -0.15) is 0 Å². The first-order valence-corrected chi connectivity index (χ1v) is 7.25. The molecule has 1 aliphatic rings. The second kappa shape index (κ2) is 4.64. The van der Waals surface area contributed by atoms with E-state index in [2.05, 4.69) is 5.32 Å². The van der Waals surface area contributed by atoms with Crippen LogP contribution in [0.2, 0.25) is 0 Å². The largest absolute Gasteiger partial charge is 0.478 e. The molecule has 1 aliphatic heterocycles. The third-order valence-electron chi connectivity index (χ3n) is 3.08. The summed E-state index contributed by atoms with van der Waals surface area (Å²) < 4.78 is 1.90. The fourth-order valence-corrected chi connectivity index (χ4v) is 3.98. The van der Waals surface area contributed by atoms with E-state index in [0.717, 1.165) is 4.90 Å². The topological polar surface area (TPSA) is 71.3 Å². The summed E-state index contributed by atoms with van der Waals surface area (Å²) in [5, 5.41) is 13.8. The highest BCUT2D eigenvalue weighted by molar-refractivity contribution is 8.13. The van der Waals surface area contributed by atoms with Gasteiger partial charge in [-0.3, -0.25) is 8.77 Å². The van der Waals surface area contributed by atoms with Crippen LogP contribution in [0.1, 0.15) is 27.8 Å². The Hall–Kier alpha value is -2.34. The maximum absolute atomic E-state index is 12.2. The van der Waals surface area contributed by atoms with Crippen LogP contribution in [-0.2, 0) is 0 Å². The number of rotatable bonds is 1. The molecule has 2 aromatic rings. The van der Waals surface area contributed by atoms with Crippen molar-refractivity contribution in [2.24, 2.45) is 0 Å². The van der Waals surface area contributed by atoms with Gasteiger partial charge >= 0.3 is 5.97 Å². The summed E-state index contributed by atoms with van der Waals surface area (Å²) in [5.41, 5.74) is 1.29. The average Bonchev–Trinajstić information content (AvgIpc) is 2.86. The normalized spacial score (nSPS) is 17.1. The number of nitrogens with one attached hydrogen (secondary N) is 1. The summed E-state index contributed by atoms with van der Waals surface area (Å²) in [6.07, 6.45) is 1.86. The highest BCUT2D eigenvalue weighted by Crippen LogP contribution is 2.38. The molecule has 102 valence electrons. The first-order chi connectivity index (χ1) is 9.61. The number of carbonyl (C=O) groups is 2. The van der Waals surface area contributed by atoms with E-state index in [1.54, 1.807) is 18.2 Å². The molecule has 0 radical (unpaired) electrons. The molecule has 2 N–H and O–H groups in total. The molecule has 0 fully saturated rings. The molecule has 1 unspecified atom stereocenters. The highest BCUT2D eigenvalue weighted by Gasteiger charge is 2.22. The Morgan fingerprint density at radius 2 is 2.20 bits per heavy atom. The summed E-state index contributed by atoms with van der Waals surface area (Å²) in [6, 6.07) is 8.41. The van der Waals surface area contributed by atoms with Gasteiger partial charge < -0.3 is 10.4 Å². The summed E-state index contributed by atoms with van der Waals surface area (Å²) >= 11 is 0. The van der Waals surface area contributed by atoms with E-state index in [1.807, 2.05) is 28.5 Å². The number of hydrogen-bond donors (Lipinski definition) is 2. The number of benzene rings is 1. The maximum Gasteiger partial charge on any atom is 0.335 e. The Morgan fingerprint density at radius 3 is 2.90 bits per heavy atom. The molecule has 20 heavy (non-hydrogen) atoms. The third kappa shape index (κ3) is 1.85. The average molecular weight is 288 g/mol. The first kappa shape index (κ1) is 12.7. The zero-order valence-electron chi connectivity index (χ0n) is 10.7. The van der Waals surface area contributed by atoms with Crippen molar-refractivity contribution < 1.29 is 14.7 Å². The molecule has 1 amide bonds. The number of amides is 1. The molecule has 1 aromatic heterocycles. The number of aromatic nitrogens is 1. The summed E-state index contributed by atoms with van der Waals surface area (Å²) in [5.74, 6) is -1.23. The van der Waals surface area contributed by atoms with Crippen LogP contribution in [0.15, 0.2) is 41.4 Å². The lowest BCUT2D eigenvalue weighted by Gasteiger charge is -2.12. The molecule has 3 rings (SSSR count). The van der Waals surface area contributed by atoms with E-state index in [0.29, 0.717) is 11.4 Å². The molecule has 0 saturated heterocycles. The lowest BCUT2D eigenvalue weighted by molar-refractivity contribution is 0.0696. The van der Waals surface area contributed by atoms with E-state index < -0.39 is 16.6 Å². The standard InChI is InChI=1S/C14H12N2O3S/c1-2-20-12-6-5-9(14(18)19)8-10(12)15-13(17)11-4-3-7-16(11)20/h2-8H,1H3,(H,15,17)(H,18,19). The van der Waals surface area contributed by atoms with Crippen LogP contribution in [-0.4, -0.2) is 26.3 Å². The van der Waals surface area contributed by atoms with Crippen LogP contribution in [0.3, 0.4) is 0 Å². The number of fused-ring (bicyclic) bond motifs is 2. The van der Waals surface area contributed by atoms with Crippen LogP contribution in [0.4, 0.5) is 5.69 Å². The molecular formula is C14H12N2O3S. The van der Waals surface area contributed by atoms with E-state index in [-0.39, 0.29) is 11.5 Å². The molecule has 1 atom stereocenters. The van der Waals surface area contributed by atoms with Crippen LogP contribution >= 0.6 is 10.7 Å². The van der Waals surface area contributed by atoms with Crippen LogP contribution in [0.5, 0.6) is 0 Å². The van der Waals surface area contributed by atoms with Gasteiger partial charge in [-0.05, 0) is 42.6 Å². The Labute approximate surface area is 117 Å². The minimum Gasteiger partial charge on any atom is -0.478 e. The van der Waals surface area contributed by atoms with Crippen LogP contribution in [0, 0.1) is 0 Å². The van der Waals surface area contributed by atoms with Crippen molar-refractivity contribution in [1.82, 2.24) is 3.97 Å². The molecule has 1 aromatic carbocycles. The van der Waals surface area contributed by atoms with Gasteiger partial charge in [-0.1, -0.05) is 10.7 Å². The van der Waals surface area contributed by atoms with E-state index in [9.17, 15) is 9.59 Å². The maximum atomic E-state index is 12.2. The van der Waals surface area contributed by atoms with Crippen LogP contribution < -0.4 is 5.32 Å². The summed E-state index contributed by atoms with van der Waals surface area (Å²) in [7, 11) is -0.415.